The average molecular weight is 484 g/mol. The van der Waals surface area contributed by atoms with E-state index in [-0.39, 0.29) is 35.1 Å². The summed E-state index contributed by atoms with van der Waals surface area (Å²) >= 11 is 1.14. The van der Waals surface area contributed by atoms with Crippen molar-refractivity contribution in [3.05, 3.63) is 69.8 Å². The van der Waals surface area contributed by atoms with E-state index in [0.717, 1.165) is 24.6 Å². The second-order valence-electron chi connectivity index (χ2n) is 8.52. The highest BCUT2D eigenvalue weighted by molar-refractivity contribution is 7.99. The first-order chi connectivity index (χ1) is 16.3. The first kappa shape index (κ1) is 24.1. The van der Waals surface area contributed by atoms with Gasteiger partial charge in [0.05, 0.1) is 29.3 Å². The lowest BCUT2D eigenvalue weighted by molar-refractivity contribution is 0.0936. The van der Waals surface area contributed by atoms with Gasteiger partial charge in [-0.1, -0.05) is 11.8 Å². The highest BCUT2D eigenvalue weighted by atomic mass is 32.2. The first-order valence-electron chi connectivity index (χ1n) is 11.2. The molecule has 1 aromatic heterocycles. The SMILES string of the molecule is CC(C)NC(=O)c1ccc2c(=O)n(CC3CCCO3)c(SCC(=O)c3ccc(F)cc3)nc2c1. The third kappa shape index (κ3) is 5.53. The number of carbonyl (C=O) groups excluding carboxylic acids is 2. The van der Waals surface area contributed by atoms with Gasteiger partial charge in [-0.05, 0) is 69.2 Å². The Labute approximate surface area is 200 Å². The van der Waals surface area contributed by atoms with E-state index in [9.17, 15) is 18.8 Å². The van der Waals surface area contributed by atoms with Crippen LogP contribution in [-0.2, 0) is 11.3 Å². The number of rotatable bonds is 8. The monoisotopic (exact) mass is 483 g/mol. The van der Waals surface area contributed by atoms with Crippen molar-refractivity contribution in [2.24, 2.45) is 0 Å². The first-order valence-corrected chi connectivity index (χ1v) is 12.2. The zero-order valence-electron chi connectivity index (χ0n) is 19.0. The molecule has 0 spiro atoms. The van der Waals surface area contributed by atoms with E-state index < -0.39 is 5.82 Å². The van der Waals surface area contributed by atoms with Crippen LogP contribution in [0.15, 0.2) is 52.4 Å². The van der Waals surface area contributed by atoms with Crippen molar-refractivity contribution in [3.8, 4) is 0 Å². The molecule has 3 aromatic rings. The maximum atomic E-state index is 13.4. The minimum atomic E-state index is -0.414. The van der Waals surface area contributed by atoms with Crippen LogP contribution in [0.2, 0.25) is 0 Å². The maximum Gasteiger partial charge on any atom is 0.262 e. The predicted molar refractivity (Wildman–Crippen MR) is 129 cm³/mol. The Hall–Kier alpha value is -3.04. The van der Waals surface area contributed by atoms with Crippen molar-refractivity contribution in [2.45, 2.75) is 50.5 Å². The standard InChI is InChI=1S/C25H26FN3O4S/c1-15(2)27-23(31)17-7-10-20-21(12-17)28-25(29(24(20)32)13-19-4-3-11-33-19)34-14-22(30)16-5-8-18(26)9-6-16/h5-10,12,15,19H,3-4,11,13-14H2,1-2H3,(H,27,31). The maximum absolute atomic E-state index is 13.4. The van der Waals surface area contributed by atoms with E-state index in [0.29, 0.717) is 40.3 Å². The molecule has 178 valence electrons. The van der Waals surface area contributed by atoms with Gasteiger partial charge in [-0.2, -0.15) is 0 Å². The normalized spacial score (nSPS) is 15.7. The van der Waals surface area contributed by atoms with E-state index in [1.54, 1.807) is 22.8 Å². The van der Waals surface area contributed by atoms with Crippen molar-refractivity contribution in [1.29, 1.82) is 0 Å². The van der Waals surface area contributed by atoms with Crippen LogP contribution < -0.4 is 10.9 Å². The number of aromatic nitrogens is 2. The van der Waals surface area contributed by atoms with Crippen LogP contribution in [-0.4, -0.2) is 45.7 Å². The van der Waals surface area contributed by atoms with Crippen LogP contribution in [0.25, 0.3) is 10.9 Å². The van der Waals surface area contributed by atoms with Crippen LogP contribution in [0.1, 0.15) is 47.4 Å². The van der Waals surface area contributed by atoms with Gasteiger partial charge in [-0.3, -0.25) is 19.0 Å². The van der Waals surface area contributed by atoms with Crippen LogP contribution in [0.4, 0.5) is 4.39 Å². The van der Waals surface area contributed by atoms with E-state index in [4.69, 9.17) is 4.74 Å². The summed E-state index contributed by atoms with van der Waals surface area (Å²) in [5.41, 5.74) is 0.938. The number of carbonyl (C=O) groups is 2. The molecule has 1 amide bonds. The second kappa shape index (κ2) is 10.5. The summed E-state index contributed by atoms with van der Waals surface area (Å²) in [7, 11) is 0. The number of nitrogens with zero attached hydrogens (tertiary/aromatic N) is 2. The van der Waals surface area contributed by atoms with E-state index in [1.165, 1.54) is 24.3 Å². The van der Waals surface area contributed by atoms with Crippen molar-refractivity contribution < 1.29 is 18.7 Å². The van der Waals surface area contributed by atoms with Crippen molar-refractivity contribution in [1.82, 2.24) is 14.9 Å². The molecule has 9 heteroatoms. The summed E-state index contributed by atoms with van der Waals surface area (Å²) in [6.07, 6.45) is 1.68. The van der Waals surface area contributed by atoms with Crippen molar-refractivity contribution >= 4 is 34.4 Å². The third-order valence-electron chi connectivity index (χ3n) is 5.51. The van der Waals surface area contributed by atoms with Gasteiger partial charge in [0.2, 0.25) is 0 Å². The van der Waals surface area contributed by atoms with Gasteiger partial charge < -0.3 is 10.1 Å². The fourth-order valence-corrected chi connectivity index (χ4v) is 4.70. The molecule has 1 unspecified atom stereocenters. The lowest BCUT2D eigenvalue weighted by atomic mass is 10.1. The molecular formula is C25H26FN3O4S. The molecule has 7 nitrogen and oxygen atoms in total. The van der Waals surface area contributed by atoms with Crippen LogP contribution >= 0.6 is 11.8 Å². The summed E-state index contributed by atoms with van der Waals surface area (Å²) in [5.74, 6) is -0.832. The number of benzene rings is 2. The molecule has 0 bridgehead atoms. The molecule has 1 atom stereocenters. The number of amides is 1. The van der Waals surface area contributed by atoms with Crippen LogP contribution in [0.5, 0.6) is 0 Å². The lowest BCUT2D eigenvalue weighted by Crippen LogP contribution is -2.31. The number of Topliss-reactive ketones (excluding diaryl/α,β-unsaturated/α-hetero) is 1. The number of hydrogen-bond donors (Lipinski definition) is 1. The number of fused-ring (bicyclic) bond motifs is 1. The van der Waals surface area contributed by atoms with Gasteiger partial charge in [0.15, 0.2) is 10.9 Å². The topological polar surface area (TPSA) is 90.3 Å². The summed E-state index contributed by atoms with van der Waals surface area (Å²) in [6.45, 7) is 4.73. The fraction of sp³-hybridized carbons (Fsp3) is 0.360. The summed E-state index contributed by atoms with van der Waals surface area (Å²) in [4.78, 5) is 43.1. The zero-order chi connectivity index (χ0) is 24.2. The van der Waals surface area contributed by atoms with E-state index in [2.05, 4.69) is 10.3 Å². The lowest BCUT2D eigenvalue weighted by Gasteiger charge is -2.17. The molecule has 1 aliphatic heterocycles. The second-order valence-corrected chi connectivity index (χ2v) is 9.47. The van der Waals surface area contributed by atoms with Gasteiger partial charge in [0, 0.05) is 23.8 Å². The predicted octanol–water partition coefficient (Wildman–Crippen LogP) is 3.83. The highest BCUT2D eigenvalue weighted by Crippen LogP contribution is 2.23. The molecule has 4 rings (SSSR count). The number of halogens is 1. The van der Waals surface area contributed by atoms with Gasteiger partial charge in [-0.25, -0.2) is 9.37 Å². The van der Waals surface area contributed by atoms with Gasteiger partial charge in [-0.15, -0.1) is 0 Å². The third-order valence-corrected chi connectivity index (χ3v) is 6.49. The minimum Gasteiger partial charge on any atom is -0.376 e. The van der Waals surface area contributed by atoms with Crippen molar-refractivity contribution in [3.63, 3.8) is 0 Å². The van der Waals surface area contributed by atoms with Crippen LogP contribution in [0.3, 0.4) is 0 Å². The molecule has 1 aliphatic rings. The Morgan fingerprint density at radius 2 is 1.94 bits per heavy atom. The largest absolute Gasteiger partial charge is 0.376 e. The Kier molecular flexibility index (Phi) is 7.43. The molecule has 1 fully saturated rings. The summed E-state index contributed by atoms with van der Waals surface area (Å²) in [6, 6.07) is 10.1. The zero-order valence-corrected chi connectivity index (χ0v) is 19.9. The Balaban J connectivity index is 1.68. The van der Waals surface area contributed by atoms with Gasteiger partial charge in [0.25, 0.3) is 11.5 Å². The molecule has 34 heavy (non-hydrogen) atoms. The smallest absolute Gasteiger partial charge is 0.262 e. The summed E-state index contributed by atoms with van der Waals surface area (Å²) < 4.78 is 20.5. The fourth-order valence-electron chi connectivity index (χ4n) is 3.80. The molecule has 1 saturated heterocycles. The number of ketones is 1. The number of hydrogen-bond acceptors (Lipinski definition) is 6. The van der Waals surface area contributed by atoms with E-state index in [1.807, 2.05) is 13.8 Å². The number of thioether (sulfide) groups is 1. The number of nitrogens with one attached hydrogen (secondary N) is 1. The molecule has 0 radical (unpaired) electrons. The van der Waals surface area contributed by atoms with Crippen LogP contribution in [0, 0.1) is 5.82 Å². The Morgan fingerprint density at radius 1 is 1.21 bits per heavy atom. The van der Waals surface area contributed by atoms with Gasteiger partial charge >= 0.3 is 0 Å². The number of ether oxygens (including phenoxy) is 1. The van der Waals surface area contributed by atoms with Crippen molar-refractivity contribution in [2.75, 3.05) is 12.4 Å². The minimum absolute atomic E-state index is 0.0286. The Morgan fingerprint density at radius 3 is 2.62 bits per heavy atom. The molecule has 0 aliphatic carbocycles. The molecular weight excluding hydrogens is 457 g/mol. The molecule has 1 N–H and O–H groups in total. The molecule has 2 heterocycles. The average Bonchev–Trinajstić information content (AvgIpc) is 3.32. The summed E-state index contributed by atoms with van der Waals surface area (Å²) in [5, 5.41) is 3.61. The highest BCUT2D eigenvalue weighted by Gasteiger charge is 2.21. The molecule has 2 aromatic carbocycles. The quantitative estimate of drug-likeness (QED) is 0.298. The van der Waals surface area contributed by atoms with Gasteiger partial charge in [0.1, 0.15) is 5.82 Å². The molecule has 0 saturated carbocycles. The van der Waals surface area contributed by atoms with E-state index >= 15 is 0 Å². The Bertz CT molecular complexity index is 1270.